The molecule has 0 N–H and O–H groups in total. The van der Waals surface area contributed by atoms with E-state index >= 15 is 0 Å². The number of hydrogen-bond acceptors (Lipinski definition) is 4. The van der Waals surface area contributed by atoms with E-state index in [1.165, 1.54) is 0 Å². The van der Waals surface area contributed by atoms with Crippen LogP contribution in [0.4, 0.5) is 0 Å². The Balaban J connectivity index is 1.98. The van der Waals surface area contributed by atoms with Gasteiger partial charge in [0.25, 0.3) is 5.78 Å². The summed E-state index contributed by atoms with van der Waals surface area (Å²) in [5, 5.41) is 0.827. The van der Waals surface area contributed by atoms with Crippen molar-refractivity contribution in [3.8, 4) is 0 Å². The summed E-state index contributed by atoms with van der Waals surface area (Å²) in [4.78, 5) is 32.8. The van der Waals surface area contributed by atoms with Gasteiger partial charge in [-0.15, -0.1) is 0 Å². The summed E-state index contributed by atoms with van der Waals surface area (Å²) in [6.45, 7) is 1.78. The standard InChI is InChI=1S/C17H12N2O2/c1-11-4-2-6-15(19-11)17(21)16(20)13-7-8-14-12(10-13)5-3-9-18-14/h2-10H,1H3. The van der Waals surface area contributed by atoms with Crippen LogP contribution in [0.25, 0.3) is 10.9 Å². The van der Waals surface area contributed by atoms with E-state index < -0.39 is 11.6 Å². The number of aryl methyl sites for hydroxylation is 1. The average Bonchev–Trinajstić information content (AvgIpc) is 2.53. The highest BCUT2D eigenvalue weighted by atomic mass is 16.2. The molecule has 0 saturated heterocycles. The molecule has 21 heavy (non-hydrogen) atoms. The van der Waals surface area contributed by atoms with Crippen LogP contribution in [0.1, 0.15) is 26.5 Å². The molecule has 2 heterocycles. The van der Waals surface area contributed by atoms with Gasteiger partial charge in [-0.25, -0.2) is 4.98 Å². The predicted molar refractivity (Wildman–Crippen MR) is 79.4 cm³/mol. The summed E-state index contributed by atoms with van der Waals surface area (Å²) in [7, 11) is 0. The molecule has 2 aromatic heterocycles. The maximum atomic E-state index is 12.3. The molecule has 0 fully saturated rings. The van der Waals surface area contributed by atoms with E-state index in [0.29, 0.717) is 11.3 Å². The second kappa shape index (κ2) is 5.25. The van der Waals surface area contributed by atoms with Crippen molar-refractivity contribution in [1.82, 2.24) is 9.97 Å². The molecule has 0 aliphatic rings. The largest absolute Gasteiger partial charge is 0.285 e. The lowest BCUT2D eigenvalue weighted by Gasteiger charge is -2.03. The van der Waals surface area contributed by atoms with Crippen LogP contribution in [0.5, 0.6) is 0 Å². The van der Waals surface area contributed by atoms with Gasteiger partial charge in [0.1, 0.15) is 5.69 Å². The van der Waals surface area contributed by atoms with Crippen LogP contribution in [0.15, 0.2) is 54.7 Å². The Bertz CT molecular complexity index is 856. The van der Waals surface area contributed by atoms with E-state index in [1.54, 1.807) is 55.6 Å². The molecule has 3 aromatic rings. The fourth-order valence-electron chi connectivity index (χ4n) is 2.13. The van der Waals surface area contributed by atoms with E-state index in [2.05, 4.69) is 9.97 Å². The highest BCUT2D eigenvalue weighted by molar-refractivity contribution is 6.49. The van der Waals surface area contributed by atoms with E-state index in [0.717, 1.165) is 10.9 Å². The van der Waals surface area contributed by atoms with Crippen LogP contribution in [0, 0.1) is 6.92 Å². The number of rotatable bonds is 3. The quantitative estimate of drug-likeness (QED) is 0.545. The van der Waals surface area contributed by atoms with Crippen LogP contribution < -0.4 is 0 Å². The number of pyridine rings is 2. The minimum absolute atomic E-state index is 0.172. The summed E-state index contributed by atoms with van der Waals surface area (Å²) in [6.07, 6.45) is 1.69. The monoisotopic (exact) mass is 276 g/mol. The first-order valence-corrected chi connectivity index (χ1v) is 6.52. The van der Waals surface area contributed by atoms with Crippen molar-refractivity contribution in [1.29, 1.82) is 0 Å². The minimum atomic E-state index is -0.595. The molecule has 0 saturated carbocycles. The third-order valence-electron chi connectivity index (χ3n) is 3.19. The van der Waals surface area contributed by atoms with Gasteiger partial charge in [-0.1, -0.05) is 12.1 Å². The van der Waals surface area contributed by atoms with E-state index in [1.807, 2.05) is 6.07 Å². The van der Waals surface area contributed by atoms with Crippen molar-refractivity contribution in [3.05, 3.63) is 71.7 Å². The molecular formula is C17H12N2O2. The van der Waals surface area contributed by atoms with Gasteiger partial charge in [0.05, 0.1) is 5.52 Å². The highest BCUT2D eigenvalue weighted by Gasteiger charge is 2.19. The fourth-order valence-corrected chi connectivity index (χ4v) is 2.13. The lowest BCUT2D eigenvalue weighted by molar-refractivity contribution is 0.0814. The molecule has 0 aliphatic heterocycles. The molecule has 1 aromatic carbocycles. The lowest BCUT2D eigenvalue weighted by Crippen LogP contribution is -2.16. The number of carbonyl (C=O) groups excluding carboxylic acids is 2. The summed E-state index contributed by atoms with van der Waals surface area (Å²) in [6, 6.07) is 13.7. The zero-order chi connectivity index (χ0) is 14.8. The number of ketones is 2. The van der Waals surface area contributed by atoms with Crippen LogP contribution in [-0.2, 0) is 0 Å². The normalized spacial score (nSPS) is 10.5. The maximum absolute atomic E-state index is 12.3. The van der Waals surface area contributed by atoms with Crippen molar-refractivity contribution in [2.45, 2.75) is 6.92 Å². The predicted octanol–water partition coefficient (Wildman–Crippen LogP) is 3.00. The third-order valence-corrected chi connectivity index (χ3v) is 3.19. The number of fused-ring (bicyclic) bond motifs is 1. The summed E-state index contributed by atoms with van der Waals surface area (Å²) in [5.41, 5.74) is 2.02. The van der Waals surface area contributed by atoms with Crippen molar-refractivity contribution < 1.29 is 9.59 Å². The zero-order valence-corrected chi connectivity index (χ0v) is 11.4. The number of carbonyl (C=O) groups is 2. The molecule has 0 bridgehead atoms. The third kappa shape index (κ3) is 2.56. The Kier molecular flexibility index (Phi) is 3.28. The van der Waals surface area contributed by atoms with Crippen LogP contribution in [0.3, 0.4) is 0 Å². The molecule has 0 unspecified atom stereocenters. The van der Waals surface area contributed by atoms with E-state index in [4.69, 9.17) is 0 Å². The molecule has 0 atom stereocenters. The van der Waals surface area contributed by atoms with Crippen LogP contribution >= 0.6 is 0 Å². The Morgan fingerprint density at radius 1 is 0.952 bits per heavy atom. The SMILES string of the molecule is Cc1cccc(C(=O)C(=O)c2ccc3ncccc3c2)n1. The summed E-state index contributed by atoms with van der Waals surface area (Å²) < 4.78 is 0. The Hall–Kier alpha value is -2.88. The van der Waals surface area contributed by atoms with Crippen LogP contribution in [0.2, 0.25) is 0 Å². The Morgan fingerprint density at radius 2 is 1.81 bits per heavy atom. The molecule has 0 aliphatic carbocycles. The molecule has 4 heteroatoms. The summed E-state index contributed by atoms with van der Waals surface area (Å²) in [5.74, 6) is -1.15. The minimum Gasteiger partial charge on any atom is -0.285 e. The smallest absolute Gasteiger partial charge is 0.251 e. The van der Waals surface area contributed by atoms with Gasteiger partial charge in [-0.3, -0.25) is 14.6 Å². The first-order chi connectivity index (χ1) is 10.1. The van der Waals surface area contributed by atoms with Crippen molar-refractivity contribution in [2.75, 3.05) is 0 Å². The van der Waals surface area contributed by atoms with Gasteiger partial charge >= 0.3 is 0 Å². The Labute approximate surface area is 121 Å². The molecule has 3 rings (SSSR count). The number of aromatic nitrogens is 2. The van der Waals surface area contributed by atoms with Crippen molar-refractivity contribution in [3.63, 3.8) is 0 Å². The van der Waals surface area contributed by atoms with Crippen molar-refractivity contribution in [2.24, 2.45) is 0 Å². The molecular weight excluding hydrogens is 264 g/mol. The van der Waals surface area contributed by atoms with Crippen molar-refractivity contribution >= 4 is 22.5 Å². The number of benzene rings is 1. The highest BCUT2D eigenvalue weighted by Crippen LogP contribution is 2.15. The Morgan fingerprint density at radius 3 is 2.62 bits per heavy atom. The topological polar surface area (TPSA) is 59.9 Å². The molecule has 102 valence electrons. The second-order valence-corrected chi connectivity index (χ2v) is 4.73. The van der Waals surface area contributed by atoms with Gasteiger partial charge in [0.15, 0.2) is 0 Å². The lowest BCUT2D eigenvalue weighted by atomic mass is 10.0. The first kappa shape index (κ1) is 13.1. The zero-order valence-electron chi connectivity index (χ0n) is 11.4. The molecule has 4 nitrogen and oxygen atoms in total. The number of Topliss-reactive ketones (excluding diaryl/α,β-unsaturated/α-hetero) is 2. The average molecular weight is 276 g/mol. The number of hydrogen-bond donors (Lipinski definition) is 0. The van der Waals surface area contributed by atoms with Gasteiger partial charge in [0.2, 0.25) is 5.78 Å². The van der Waals surface area contributed by atoms with Gasteiger partial charge in [-0.2, -0.15) is 0 Å². The fraction of sp³-hybridized carbons (Fsp3) is 0.0588. The van der Waals surface area contributed by atoms with Crippen LogP contribution in [-0.4, -0.2) is 21.5 Å². The van der Waals surface area contributed by atoms with E-state index in [9.17, 15) is 9.59 Å². The number of nitrogens with zero attached hydrogens (tertiary/aromatic N) is 2. The second-order valence-electron chi connectivity index (χ2n) is 4.73. The maximum Gasteiger partial charge on any atom is 0.251 e. The molecule has 0 radical (unpaired) electrons. The van der Waals surface area contributed by atoms with Gasteiger partial charge < -0.3 is 0 Å². The molecule has 0 amide bonds. The van der Waals surface area contributed by atoms with E-state index in [-0.39, 0.29) is 5.69 Å². The summed E-state index contributed by atoms with van der Waals surface area (Å²) >= 11 is 0. The first-order valence-electron chi connectivity index (χ1n) is 6.52. The molecule has 0 spiro atoms. The van der Waals surface area contributed by atoms with Gasteiger partial charge in [-0.05, 0) is 43.3 Å². The van der Waals surface area contributed by atoms with Gasteiger partial charge in [0, 0.05) is 22.8 Å².